The van der Waals surface area contributed by atoms with Gasteiger partial charge in [0.05, 0.1) is 6.42 Å². The second-order valence-corrected chi connectivity index (χ2v) is 5.68. The first-order valence-electron chi connectivity index (χ1n) is 6.99. The fourth-order valence-electron chi connectivity index (χ4n) is 2.31. The molecule has 1 heterocycles. The van der Waals surface area contributed by atoms with Crippen LogP contribution in [0.5, 0.6) is 11.5 Å². The Morgan fingerprint density at radius 2 is 1.77 bits per heavy atom. The topological polar surface area (TPSA) is 38.8 Å². The maximum absolute atomic E-state index is 12.3. The predicted molar refractivity (Wildman–Crippen MR) is 84.2 cm³/mol. The van der Waals surface area contributed by atoms with Crippen LogP contribution in [0.3, 0.4) is 0 Å². The van der Waals surface area contributed by atoms with Crippen molar-refractivity contribution in [2.75, 3.05) is 13.8 Å². The molecular formula is C17H16ClNO3. The molecule has 114 valence electrons. The summed E-state index contributed by atoms with van der Waals surface area (Å²) < 4.78 is 10.6. The first kappa shape index (κ1) is 14.7. The molecule has 0 atom stereocenters. The zero-order valence-corrected chi connectivity index (χ0v) is 13.0. The highest BCUT2D eigenvalue weighted by Crippen LogP contribution is 2.32. The van der Waals surface area contributed by atoms with E-state index in [2.05, 4.69) is 0 Å². The monoisotopic (exact) mass is 317 g/mol. The molecule has 0 bridgehead atoms. The van der Waals surface area contributed by atoms with Crippen molar-refractivity contribution in [3.8, 4) is 11.5 Å². The molecule has 0 saturated carbocycles. The highest BCUT2D eigenvalue weighted by atomic mass is 35.5. The molecular weight excluding hydrogens is 302 g/mol. The van der Waals surface area contributed by atoms with Gasteiger partial charge in [-0.1, -0.05) is 29.8 Å². The number of rotatable bonds is 4. The van der Waals surface area contributed by atoms with Gasteiger partial charge in [-0.05, 0) is 35.4 Å². The molecule has 4 nitrogen and oxygen atoms in total. The molecule has 1 amide bonds. The Bertz CT molecular complexity index is 685. The van der Waals surface area contributed by atoms with Gasteiger partial charge in [-0.3, -0.25) is 4.79 Å². The third-order valence-electron chi connectivity index (χ3n) is 3.55. The average molecular weight is 318 g/mol. The van der Waals surface area contributed by atoms with Crippen molar-refractivity contribution in [2.45, 2.75) is 13.0 Å². The molecule has 2 aromatic rings. The van der Waals surface area contributed by atoms with E-state index in [4.69, 9.17) is 21.1 Å². The van der Waals surface area contributed by atoms with E-state index in [9.17, 15) is 4.79 Å². The van der Waals surface area contributed by atoms with Gasteiger partial charge in [0.15, 0.2) is 11.5 Å². The highest BCUT2D eigenvalue weighted by Gasteiger charge is 2.15. The normalized spacial score (nSPS) is 12.3. The maximum atomic E-state index is 12.3. The minimum Gasteiger partial charge on any atom is -0.454 e. The molecule has 5 heteroatoms. The van der Waals surface area contributed by atoms with Gasteiger partial charge >= 0.3 is 0 Å². The molecule has 1 aliphatic heterocycles. The van der Waals surface area contributed by atoms with E-state index in [1.165, 1.54) is 0 Å². The lowest BCUT2D eigenvalue weighted by molar-refractivity contribution is -0.129. The summed E-state index contributed by atoms with van der Waals surface area (Å²) in [6, 6.07) is 13.1. The average Bonchev–Trinajstić information content (AvgIpc) is 2.97. The summed E-state index contributed by atoms with van der Waals surface area (Å²) in [5.74, 6) is 1.54. The van der Waals surface area contributed by atoms with Crippen LogP contribution < -0.4 is 9.47 Å². The first-order valence-corrected chi connectivity index (χ1v) is 7.36. The molecule has 0 N–H and O–H groups in total. The minimum absolute atomic E-state index is 0.0555. The number of fused-ring (bicyclic) bond motifs is 1. The number of ether oxygens (including phenoxy) is 2. The van der Waals surface area contributed by atoms with Crippen LogP contribution in [0.4, 0.5) is 0 Å². The summed E-state index contributed by atoms with van der Waals surface area (Å²) >= 11 is 5.85. The summed E-state index contributed by atoms with van der Waals surface area (Å²) in [7, 11) is 1.79. The quantitative estimate of drug-likeness (QED) is 0.868. The number of halogens is 1. The van der Waals surface area contributed by atoms with E-state index in [1.54, 1.807) is 24.1 Å². The van der Waals surface area contributed by atoms with E-state index < -0.39 is 0 Å². The van der Waals surface area contributed by atoms with Gasteiger partial charge in [0.2, 0.25) is 12.7 Å². The summed E-state index contributed by atoms with van der Waals surface area (Å²) in [6.07, 6.45) is 0.359. The molecule has 0 unspecified atom stereocenters. The number of hydrogen-bond acceptors (Lipinski definition) is 3. The van der Waals surface area contributed by atoms with Crippen molar-refractivity contribution < 1.29 is 14.3 Å². The fraction of sp³-hybridized carbons (Fsp3) is 0.235. The summed E-state index contributed by atoms with van der Waals surface area (Å²) in [4.78, 5) is 14.0. The van der Waals surface area contributed by atoms with Gasteiger partial charge < -0.3 is 14.4 Å². The Morgan fingerprint density at radius 1 is 1.09 bits per heavy atom. The molecule has 0 saturated heterocycles. The van der Waals surface area contributed by atoms with Gasteiger partial charge in [-0.15, -0.1) is 0 Å². The molecule has 2 aromatic carbocycles. The van der Waals surface area contributed by atoms with Crippen molar-refractivity contribution in [1.82, 2.24) is 4.90 Å². The van der Waals surface area contributed by atoms with Crippen molar-refractivity contribution in [1.29, 1.82) is 0 Å². The third kappa shape index (κ3) is 3.34. The Morgan fingerprint density at radius 3 is 2.55 bits per heavy atom. The van der Waals surface area contributed by atoms with Crippen LogP contribution in [0.1, 0.15) is 11.1 Å². The second kappa shape index (κ2) is 6.28. The van der Waals surface area contributed by atoms with Crippen LogP contribution in [0.15, 0.2) is 42.5 Å². The lowest BCUT2D eigenvalue weighted by Gasteiger charge is -2.17. The molecule has 0 radical (unpaired) electrons. The second-order valence-electron chi connectivity index (χ2n) is 5.24. The fourth-order valence-corrected chi connectivity index (χ4v) is 2.44. The summed E-state index contributed by atoms with van der Waals surface area (Å²) in [6.45, 7) is 0.785. The molecule has 1 aliphatic rings. The van der Waals surface area contributed by atoms with Crippen molar-refractivity contribution >= 4 is 17.5 Å². The van der Waals surface area contributed by atoms with Gasteiger partial charge in [0, 0.05) is 18.6 Å². The molecule has 0 spiro atoms. The number of nitrogens with zero attached hydrogens (tertiary/aromatic N) is 1. The molecule has 0 fully saturated rings. The summed E-state index contributed by atoms with van der Waals surface area (Å²) in [5.41, 5.74) is 1.96. The van der Waals surface area contributed by atoms with Crippen molar-refractivity contribution in [3.63, 3.8) is 0 Å². The van der Waals surface area contributed by atoms with Crippen LogP contribution in [0, 0.1) is 0 Å². The first-order chi connectivity index (χ1) is 10.6. The Labute approximate surface area is 134 Å². The Hall–Kier alpha value is -2.20. The predicted octanol–water partition coefficient (Wildman–Crippen LogP) is 3.27. The molecule has 22 heavy (non-hydrogen) atoms. The Balaban J connectivity index is 1.62. The van der Waals surface area contributed by atoms with Gasteiger partial charge in [0.25, 0.3) is 0 Å². The number of carbonyl (C=O) groups excluding carboxylic acids is 1. The number of hydrogen-bond donors (Lipinski definition) is 0. The maximum Gasteiger partial charge on any atom is 0.231 e. The van der Waals surface area contributed by atoms with Crippen LogP contribution >= 0.6 is 11.6 Å². The standard InChI is InChI=1S/C17H16ClNO3/c1-19(17(20)9-12-2-5-14(18)6-3-12)10-13-4-7-15-16(8-13)22-11-21-15/h2-8H,9-11H2,1H3. The van der Waals surface area contributed by atoms with E-state index in [0.717, 1.165) is 22.6 Å². The zero-order valence-electron chi connectivity index (χ0n) is 12.2. The Kier molecular flexibility index (Phi) is 4.20. The van der Waals surface area contributed by atoms with Crippen molar-refractivity contribution in [2.24, 2.45) is 0 Å². The lowest BCUT2D eigenvalue weighted by Crippen LogP contribution is -2.27. The van der Waals surface area contributed by atoms with Gasteiger partial charge in [0.1, 0.15) is 0 Å². The number of likely N-dealkylation sites (N-methyl/N-ethyl adjacent to an activating group) is 1. The van der Waals surface area contributed by atoms with Crippen LogP contribution in [0.25, 0.3) is 0 Å². The van der Waals surface area contributed by atoms with E-state index >= 15 is 0 Å². The molecule has 0 aliphatic carbocycles. The summed E-state index contributed by atoms with van der Waals surface area (Å²) in [5, 5.41) is 0.671. The van der Waals surface area contributed by atoms with E-state index in [1.807, 2.05) is 30.3 Å². The van der Waals surface area contributed by atoms with Gasteiger partial charge in [-0.2, -0.15) is 0 Å². The number of amides is 1. The third-order valence-corrected chi connectivity index (χ3v) is 3.80. The van der Waals surface area contributed by atoms with Crippen molar-refractivity contribution in [3.05, 3.63) is 58.6 Å². The van der Waals surface area contributed by atoms with Crippen LogP contribution in [0.2, 0.25) is 5.02 Å². The van der Waals surface area contributed by atoms with E-state index in [0.29, 0.717) is 18.0 Å². The minimum atomic E-state index is 0.0555. The largest absolute Gasteiger partial charge is 0.454 e. The molecule has 3 rings (SSSR count). The van der Waals surface area contributed by atoms with Crippen LogP contribution in [-0.2, 0) is 17.8 Å². The SMILES string of the molecule is CN(Cc1ccc2c(c1)OCO2)C(=O)Cc1ccc(Cl)cc1. The number of benzene rings is 2. The van der Waals surface area contributed by atoms with Gasteiger partial charge in [-0.25, -0.2) is 0 Å². The molecule has 0 aromatic heterocycles. The smallest absolute Gasteiger partial charge is 0.231 e. The lowest BCUT2D eigenvalue weighted by atomic mass is 10.1. The van der Waals surface area contributed by atoms with Crippen LogP contribution in [-0.4, -0.2) is 24.6 Å². The highest BCUT2D eigenvalue weighted by molar-refractivity contribution is 6.30. The number of carbonyl (C=O) groups is 1. The zero-order chi connectivity index (χ0) is 15.5. The van der Waals surface area contributed by atoms with E-state index in [-0.39, 0.29) is 12.7 Å².